The Bertz CT molecular complexity index is 259. The van der Waals surface area contributed by atoms with Gasteiger partial charge in [0, 0.05) is 6.54 Å². The first-order chi connectivity index (χ1) is 7.70. The van der Waals surface area contributed by atoms with Crippen LogP contribution in [0.4, 0.5) is 0 Å². The normalized spacial score (nSPS) is 13.2. The number of ether oxygens (including phenoxy) is 1. The first-order valence-electron chi connectivity index (χ1n) is 5.45. The van der Waals surface area contributed by atoms with Crippen molar-refractivity contribution in [3.63, 3.8) is 0 Å². The van der Waals surface area contributed by atoms with Crippen molar-refractivity contribution in [3.8, 4) is 0 Å². The molecular formula is C11H21NO5. The molecule has 1 atom stereocenters. The first kappa shape index (κ1) is 15.9. The van der Waals surface area contributed by atoms with Gasteiger partial charge in [-0.3, -0.25) is 4.79 Å². The Hall–Kier alpha value is -1.14. The van der Waals surface area contributed by atoms with E-state index < -0.39 is 24.6 Å². The van der Waals surface area contributed by atoms with Crippen LogP contribution in [0.3, 0.4) is 0 Å². The molecule has 0 heterocycles. The number of aliphatic hydroxyl groups excluding tert-OH is 1. The molecule has 100 valence electrons. The van der Waals surface area contributed by atoms with E-state index in [9.17, 15) is 14.7 Å². The molecule has 0 aromatic carbocycles. The summed E-state index contributed by atoms with van der Waals surface area (Å²) in [6.07, 6.45) is -0.0399. The van der Waals surface area contributed by atoms with E-state index >= 15 is 0 Å². The molecule has 0 aliphatic rings. The SMILES string of the molecule is CC(C)(C)CC(O)CNC(=O)COCC(=O)O. The summed E-state index contributed by atoms with van der Waals surface area (Å²) in [6.45, 7) is 5.31. The van der Waals surface area contributed by atoms with E-state index in [1.54, 1.807) is 0 Å². The Morgan fingerprint density at radius 2 is 1.88 bits per heavy atom. The van der Waals surface area contributed by atoms with Gasteiger partial charge >= 0.3 is 5.97 Å². The van der Waals surface area contributed by atoms with Gasteiger partial charge in [-0.15, -0.1) is 0 Å². The Labute approximate surface area is 101 Å². The second-order valence-electron chi connectivity index (χ2n) is 5.11. The lowest BCUT2D eigenvalue weighted by atomic mass is 9.89. The molecule has 17 heavy (non-hydrogen) atoms. The zero-order valence-corrected chi connectivity index (χ0v) is 10.5. The lowest BCUT2D eigenvalue weighted by Gasteiger charge is -2.22. The summed E-state index contributed by atoms with van der Waals surface area (Å²) in [7, 11) is 0. The Morgan fingerprint density at radius 1 is 1.29 bits per heavy atom. The van der Waals surface area contributed by atoms with Crippen molar-refractivity contribution in [2.75, 3.05) is 19.8 Å². The van der Waals surface area contributed by atoms with Crippen molar-refractivity contribution >= 4 is 11.9 Å². The van der Waals surface area contributed by atoms with Crippen LogP contribution < -0.4 is 5.32 Å². The number of hydrogen-bond acceptors (Lipinski definition) is 4. The maximum atomic E-state index is 11.2. The largest absolute Gasteiger partial charge is 0.480 e. The van der Waals surface area contributed by atoms with E-state index in [1.807, 2.05) is 20.8 Å². The average Bonchev–Trinajstić information content (AvgIpc) is 2.11. The Morgan fingerprint density at radius 3 is 2.35 bits per heavy atom. The van der Waals surface area contributed by atoms with Crippen LogP contribution in [0.15, 0.2) is 0 Å². The van der Waals surface area contributed by atoms with E-state index in [-0.39, 0.29) is 18.6 Å². The van der Waals surface area contributed by atoms with Crippen LogP contribution >= 0.6 is 0 Å². The molecule has 0 radical (unpaired) electrons. The van der Waals surface area contributed by atoms with Gasteiger partial charge < -0.3 is 20.3 Å². The predicted octanol–water partition coefficient (Wildman–Crippen LogP) is 0.000900. The van der Waals surface area contributed by atoms with Crippen molar-refractivity contribution in [2.45, 2.75) is 33.3 Å². The van der Waals surface area contributed by atoms with Crippen molar-refractivity contribution in [2.24, 2.45) is 5.41 Å². The van der Waals surface area contributed by atoms with Crippen LogP contribution in [-0.4, -0.2) is 48.0 Å². The summed E-state index contributed by atoms with van der Waals surface area (Å²) in [4.78, 5) is 21.3. The van der Waals surface area contributed by atoms with Crippen molar-refractivity contribution in [1.82, 2.24) is 5.32 Å². The molecule has 0 rings (SSSR count). The Kier molecular flexibility index (Phi) is 6.75. The van der Waals surface area contributed by atoms with Gasteiger partial charge in [0.25, 0.3) is 0 Å². The number of aliphatic hydroxyl groups is 1. The number of aliphatic carboxylic acids is 1. The number of carboxylic acids is 1. The summed E-state index contributed by atoms with van der Waals surface area (Å²) in [5.41, 5.74) is -0.00997. The third-order valence-electron chi connectivity index (χ3n) is 1.84. The molecule has 0 aliphatic carbocycles. The number of rotatable bonds is 7. The lowest BCUT2D eigenvalue weighted by Crippen LogP contribution is -2.36. The van der Waals surface area contributed by atoms with Crippen LogP contribution in [-0.2, 0) is 14.3 Å². The van der Waals surface area contributed by atoms with Gasteiger partial charge in [0.2, 0.25) is 5.91 Å². The fourth-order valence-corrected chi connectivity index (χ4v) is 1.29. The van der Waals surface area contributed by atoms with Gasteiger partial charge in [0.05, 0.1) is 6.10 Å². The topological polar surface area (TPSA) is 95.9 Å². The van der Waals surface area contributed by atoms with Crippen LogP contribution in [0.25, 0.3) is 0 Å². The van der Waals surface area contributed by atoms with E-state index in [2.05, 4.69) is 10.1 Å². The van der Waals surface area contributed by atoms with Crippen molar-refractivity contribution < 1.29 is 24.5 Å². The smallest absolute Gasteiger partial charge is 0.329 e. The third-order valence-corrected chi connectivity index (χ3v) is 1.84. The standard InChI is InChI=1S/C11H21NO5/c1-11(2,3)4-8(13)5-12-9(14)6-17-7-10(15)16/h8,13H,4-7H2,1-3H3,(H,12,14)(H,15,16). The number of carbonyl (C=O) groups excluding carboxylic acids is 1. The molecule has 3 N–H and O–H groups in total. The summed E-state index contributed by atoms with van der Waals surface area (Å²) in [5.74, 6) is -1.55. The fraction of sp³-hybridized carbons (Fsp3) is 0.818. The highest BCUT2D eigenvalue weighted by Crippen LogP contribution is 2.20. The summed E-state index contributed by atoms with van der Waals surface area (Å²) in [6, 6.07) is 0. The molecule has 0 aliphatic heterocycles. The van der Waals surface area contributed by atoms with Crippen LogP contribution in [0, 0.1) is 5.41 Å². The van der Waals surface area contributed by atoms with Gasteiger partial charge in [0.1, 0.15) is 13.2 Å². The molecule has 0 aromatic heterocycles. The second-order valence-corrected chi connectivity index (χ2v) is 5.11. The molecule has 0 spiro atoms. The highest BCUT2D eigenvalue weighted by Gasteiger charge is 2.17. The predicted molar refractivity (Wildman–Crippen MR) is 61.5 cm³/mol. The average molecular weight is 247 g/mol. The molecule has 0 aromatic rings. The van der Waals surface area contributed by atoms with Gasteiger partial charge in [-0.1, -0.05) is 20.8 Å². The van der Waals surface area contributed by atoms with E-state index in [0.717, 1.165) is 0 Å². The fourth-order valence-electron chi connectivity index (χ4n) is 1.29. The van der Waals surface area contributed by atoms with Gasteiger partial charge in [-0.05, 0) is 11.8 Å². The van der Waals surface area contributed by atoms with Crippen LogP contribution in [0.1, 0.15) is 27.2 Å². The molecule has 0 saturated heterocycles. The number of carboxylic acid groups (broad SMARTS) is 1. The third kappa shape index (κ3) is 11.1. The molecule has 6 nitrogen and oxygen atoms in total. The number of hydrogen-bond donors (Lipinski definition) is 3. The van der Waals surface area contributed by atoms with E-state index in [4.69, 9.17) is 5.11 Å². The second kappa shape index (κ2) is 7.24. The molecule has 1 amide bonds. The molecule has 0 saturated carbocycles. The molecular weight excluding hydrogens is 226 g/mol. The molecule has 1 unspecified atom stereocenters. The number of nitrogens with one attached hydrogen (secondary N) is 1. The van der Waals surface area contributed by atoms with Gasteiger partial charge in [-0.25, -0.2) is 4.79 Å². The number of carbonyl (C=O) groups is 2. The van der Waals surface area contributed by atoms with Crippen molar-refractivity contribution in [3.05, 3.63) is 0 Å². The van der Waals surface area contributed by atoms with Gasteiger partial charge in [0.15, 0.2) is 0 Å². The van der Waals surface area contributed by atoms with Crippen molar-refractivity contribution in [1.29, 1.82) is 0 Å². The van der Waals surface area contributed by atoms with E-state index in [0.29, 0.717) is 6.42 Å². The summed E-state index contributed by atoms with van der Waals surface area (Å²) in [5, 5.41) is 20.3. The minimum absolute atomic E-state index is 0.00997. The maximum Gasteiger partial charge on any atom is 0.329 e. The molecule has 6 heteroatoms. The quantitative estimate of drug-likeness (QED) is 0.588. The first-order valence-corrected chi connectivity index (χ1v) is 5.45. The molecule has 0 fully saturated rings. The van der Waals surface area contributed by atoms with Crippen LogP contribution in [0.5, 0.6) is 0 Å². The van der Waals surface area contributed by atoms with E-state index in [1.165, 1.54) is 0 Å². The highest BCUT2D eigenvalue weighted by atomic mass is 16.5. The highest BCUT2D eigenvalue weighted by molar-refractivity contribution is 5.77. The molecule has 0 bridgehead atoms. The summed E-state index contributed by atoms with van der Waals surface area (Å²) >= 11 is 0. The minimum Gasteiger partial charge on any atom is -0.480 e. The number of amides is 1. The summed E-state index contributed by atoms with van der Waals surface area (Å²) < 4.78 is 4.60. The Balaban J connectivity index is 3.66. The van der Waals surface area contributed by atoms with Gasteiger partial charge in [-0.2, -0.15) is 0 Å². The monoisotopic (exact) mass is 247 g/mol. The maximum absolute atomic E-state index is 11.2. The lowest BCUT2D eigenvalue weighted by molar-refractivity contribution is -0.143. The minimum atomic E-state index is -1.12. The van der Waals surface area contributed by atoms with Crippen LogP contribution in [0.2, 0.25) is 0 Å². The zero-order valence-electron chi connectivity index (χ0n) is 10.5. The zero-order chi connectivity index (χ0) is 13.5.